The SMILES string of the molecule is NCc1ccc2c(CNC(=O)c3ccc(-c4cccc(C(F)(F)F)c4)cc3)cccc2c1. The number of nitrogens with one attached hydrogen (secondary N) is 1. The van der Waals surface area contributed by atoms with Crippen LogP contribution in [0.3, 0.4) is 0 Å². The zero-order chi connectivity index (χ0) is 22.7. The zero-order valence-corrected chi connectivity index (χ0v) is 17.1. The van der Waals surface area contributed by atoms with Gasteiger partial charge in [-0.3, -0.25) is 4.79 Å². The monoisotopic (exact) mass is 434 g/mol. The number of carbonyl (C=O) groups is 1. The summed E-state index contributed by atoms with van der Waals surface area (Å²) in [5.41, 5.74) is 8.52. The summed E-state index contributed by atoms with van der Waals surface area (Å²) in [4.78, 5) is 12.6. The first-order valence-corrected chi connectivity index (χ1v) is 10.1. The van der Waals surface area contributed by atoms with Crippen molar-refractivity contribution in [1.29, 1.82) is 0 Å². The third kappa shape index (κ3) is 4.65. The molecule has 0 radical (unpaired) electrons. The summed E-state index contributed by atoms with van der Waals surface area (Å²) in [7, 11) is 0. The Morgan fingerprint density at radius 3 is 2.31 bits per heavy atom. The Morgan fingerprint density at radius 1 is 0.844 bits per heavy atom. The predicted molar refractivity (Wildman–Crippen MR) is 120 cm³/mol. The van der Waals surface area contributed by atoms with Gasteiger partial charge in [-0.25, -0.2) is 0 Å². The lowest BCUT2D eigenvalue weighted by Gasteiger charge is -2.11. The molecule has 0 aliphatic heterocycles. The van der Waals surface area contributed by atoms with Crippen molar-refractivity contribution in [3.8, 4) is 11.1 Å². The van der Waals surface area contributed by atoms with E-state index in [2.05, 4.69) is 5.32 Å². The average molecular weight is 434 g/mol. The molecule has 0 aliphatic carbocycles. The lowest BCUT2D eigenvalue weighted by atomic mass is 10.0. The van der Waals surface area contributed by atoms with Gasteiger partial charge in [-0.05, 0) is 63.4 Å². The Kier molecular flexibility index (Phi) is 5.97. The lowest BCUT2D eigenvalue weighted by molar-refractivity contribution is -0.137. The summed E-state index contributed by atoms with van der Waals surface area (Å²) in [6.07, 6.45) is -4.40. The molecule has 3 N–H and O–H groups in total. The van der Waals surface area contributed by atoms with Crippen LogP contribution >= 0.6 is 0 Å². The van der Waals surface area contributed by atoms with E-state index in [0.29, 0.717) is 29.8 Å². The van der Waals surface area contributed by atoms with Crippen molar-refractivity contribution in [1.82, 2.24) is 5.32 Å². The van der Waals surface area contributed by atoms with E-state index in [4.69, 9.17) is 5.73 Å². The molecule has 3 nitrogen and oxygen atoms in total. The van der Waals surface area contributed by atoms with Crippen molar-refractivity contribution < 1.29 is 18.0 Å². The Labute approximate surface area is 183 Å². The number of hydrogen-bond acceptors (Lipinski definition) is 2. The van der Waals surface area contributed by atoms with E-state index in [-0.39, 0.29) is 5.91 Å². The van der Waals surface area contributed by atoms with Crippen LogP contribution in [0.25, 0.3) is 21.9 Å². The minimum absolute atomic E-state index is 0.254. The number of carbonyl (C=O) groups excluding carboxylic acids is 1. The number of amides is 1. The fourth-order valence-electron chi connectivity index (χ4n) is 3.65. The van der Waals surface area contributed by atoms with Crippen molar-refractivity contribution in [3.63, 3.8) is 0 Å². The number of fused-ring (bicyclic) bond motifs is 1. The minimum Gasteiger partial charge on any atom is -0.348 e. The van der Waals surface area contributed by atoms with Gasteiger partial charge in [-0.2, -0.15) is 13.2 Å². The van der Waals surface area contributed by atoms with Crippen molar-refractivity contribution in [3.05, 3.63) is 107 Å². The topological polar surface area (TPSA) is 55.1 Å². The number of benzene rings is 4. The summed E-state index contributed by atoms with van der Waals surface area (Å²) in [5.74, 6) is -0.254. The summed E-state index contributed by atoms with van der Waals surface area (Å²) in [5, 5.41) is 5.02. The number of nitrogens with two attached hydrogens (primary N) is 1. The van der Waals surface area contributed by atoms with Gasteiger partial charge >= 0.3 is 6.18 Å². The first-order chi connectivity index (χ1) is 15.3. The van der Waals surface area contributed by atoms with Crippen LogP contribution in [0.1, 0.15) is 27.0 Å². The molecule has 0 atom stereocenters. The fraction of sp³-hybridized carbons (Fsp3) is 0.115. The van der Waals surface area contributed by atoms with E-state index in [1.54, 1.807) is 30.3 Å². The normalized spacial score (nSPS) is 11.5. The van der Waals surface area contributed by atoms with Gasteiger partial charge in [-0.1, -0.05) is 54.6 Å². The average Bonchev–Trinajstić information content (AvgIpc) is 2.81. The molecule has 0 fully saturated rings. The van der Waals surface area contributed by atoms with Crippen molar-refractivity contribution in [2.45, 2.75) is 19.3 Å². The third-order valence-electron chi connectivity index (χ3n) is 5.38. The minimum atomic E-state index is -4.40. The summed E-state index contributed by atoms with van der Waals surface area (Å²) in [6.45, 7) is 0.820. The quantitative estimate of drug-likeness (QED) is 0.410. The molecule has 0 spiro atoms. The molecule has 4 aromatic carbocycles. The first kappa shape index (κ1) is 21.6. The van der Waals surface area contributed by atoms with Crippen molar-refractivity contribution >= 4 is 16.7 Å². The molecule has 6 heteroatoms. The van der Waals surface area contributed by atoms with Crippen LogP contribution in [0.5, 0.6) is 0 Å². The Balaban J connectivity index is 1.48. The van der Waals surface area contributed by atoms with Crippen LogP contribution in [0.15, 0.2) is 84.9 Å². The second-order valence-electron chi connectivity index (χ2n) is 7.52. The number of halogens is 3. The van der Waals surface area contributed by atoms with E-state index < -0.39 is 11.7 Å². The van der Waals surface area contributed by atoms with Gasteiger partial charge < -0.3 is 11.1 Å². The lowest BCUT2D eigenvalue weighted by Crippen LogP contribution is -2.22. The predicted octanol–water partition coefficient (Wildman–Crippen LogP) is 5.91. The van der Waals surface area contributed by atoms with Crippen LogP contribution in [-0.2, 0) is 19.3 Å². The van der Waals surface area contributed by atoms with E-state index >= 15 is 0 Å². The van der Waals surface area contributed by atoms with Gasteiger partial charge in [0.1, 0.15) is 0 Å². The van der Waals surface area contributed by atoms with E-state index in [0.717, 1.165) is 34.0 Å². The number of alkyl halides is 3. The number of hydrogen-bond donors (Lipinski definition) is 2. The van der Waals surface area contributed by atoms with Gasteiger partial charge in [0, 0.05) is 18.7 Å². The summed E-state index contributed by atoms with van der Waals surface area (Å²) in [6, 6.07) is 23.6. The molecule has 0 saturated carbocycles. The molecule has 162 valence electrons. The molecule has 1 amide bonds. The van der Waals surface area contributed by atoms with E-state index in [1.807, 2.05) is 36.4 Å². The molecule has 4 rings (SSSR count). The highest BCUT2D eigenvalue weighted by atomic mass is 19.4. The highest BCUT2D eigenvalue weighted by Gasteiger charge is 2.30. The fourth-order valence-corrected chi connectivity index (χ4v) is 3.65. The van der Waals surface area contributed by atoms with Crippen LogP contribution in [0, 0.1) is 0 Å². The molecule has 0 unspecified atom stereocenters. The maximum atomic E-state index is 13.0. The Morgan fingerprint density at radius 2 is 1.59 bits per heavy atom. The Hall–Kier alpha value is -3.64. The molecule has 32 heavy (non-hydrogen) atoms. The molecule has 4 aromatic rings. The van der Waals surface area contributed by atoms with Gasteiger partial charge in [-0.15, -0.1) is 0 Å². The number of rotatable bonds is 5. The second-order valence-corrected chi connectivity index (χ2v) is 7.52. The second kappa shape index (κ2) is 8.85. The first-order valence-electron chi connectivity index (χ1n) is 10.1. The summed E-state index contributed by atoms with van der Waals surface area (Å²) >= 11 is 0. The smallest absolute Gasteiger partial charge is 0.348 e. The zero-order valence-electron chi connectivity index (χ0n) is 17.1. The molecule has 0 bridgehead atoms. The van der Waals surface area contributed by atoms with Gasteiger partial charge in [0.05, 0.1) is 5.56 Å². The van der Waals surface area contributed by atoms with Gasteiger partial charge in [0.25, 0.3) is 5.91 Å². The maximum absolute atomic E-state index is 13.0. The summed E-state index contributed by atoms with van der Waals surface area (Å²) < 4.78 is 38.9. The Bertz CT molecular complexity index is 1260. The van der Waals surface area contributed by atoms with Gasteiger partial charge in [0.15, 0.2) is 0 Å². The van der Waals surface area contributed by atoms with Crippen LogP contribution in [0.2, 0.25) is 0 Å². The van der Waals surface area contributed by atoms with Crippen LogP contribution in [0.4, 0.5) is 13.2 Å². The van der Waals surface area contributed by atoms with E-state index in [9.17, 15) is 18.0 Å². The molecule has 0 aliphatic rings. The van der Waals surface area contributed by atoms with Crippen LogP contribution in [-0.4, -0.2) is 5.91 Å². The third-order valence-corrected chi connectivity index (χ3v) is 5.38. The maximum Gasteiger partial charge on any atom is 0.416 e. The van der Waals surface area contributed by atoms with E-state index in [1.165, 1.54) is 6.07 Å². The van der Waals surface area contributed by atoms with Crippen LogP contribution < -0.4 is 11.1 Å². The van der Waals surface area contributed by atoms with Crippen molar-refractivity contribution in [2.75, 3.05) is 0 Å². The molecular weight excluding hydrogens is 413 g/mol. The molecule has 0 aromatic heterocycles. The van der Waals surface area contributed by atoms with Crippen molar-refractivity contribution in [2.24, 2.45) is 5.73 Å². The molecule has 0 heterocycles. The standard InChI is InChI=1S/C26H21F3N2O/c27-26(28,29)23-6-2-3-20(14-23)18-8-10-19(11-9-18)25(32)31-16-22-5-1-4-21-13-17(15-30)7-12-24(21)22/h1-14H,15-16,30H2,(H,31,32). The molecule has 0 saturated heterocycles. The highest BCUT2D eigenvalue weighted by Crippen LogP contribution is 2.32. The largest absolute Gasteiger partial charge is 0.416 e. The molecular formula is C26H21F3N2O. The van der Waals surface area contributed by atoms with Gasteiger partial charge in [0.2, 0.25) is 0 Å². The highest BCUT2D eigenvalue weighted by molar-refractivity contribution is 5.95.